The molecule has 6 heteroatoms. The van der Waals surface area contributed by atoms with Gasteiger partial charge >= 0.3 is 0 Å². The lowest BCUT2D eigenvalue weighted by Crippen LogP contribution is -2.24. The average molecular weight is 316 g/mol. The van der Waals surface area contributed by atoms with Crippen molar-refractivity contribution in [2.45, 2.75) is 25.7 Å². The van der Waals surface area contributed by atoms with Crippen LogP contribution in [0.4, 0.5) is 0 Å². The van der Waals surface area contributed by atoms with Crippen LogP contribution < -0.4 is 11.0 Å². The minimum atomic E-state index is -0.393. The summed E-state index contributed by atoms with van der Waals surface area (Å²) in [7, 11) is 0. The van der Waals surface area contributed by atoms with Gasteiger partial charge in [-0.1, -0.05) is 36.8 Å². The Morgan fingerprint density at radius 1 is 1.00 bits per heavy atom. The molecule has 3 N–H and O–H groups in total. The summed E-state index contributed by atoms with van der Waals surface area (Å²) in [6.45, 7) is 0.375. The van der Waals surface area contributed by atoms with E-state index in [9.17, 15) is 9.59 Å². The van der Waals surface area contributed by atoms with E-state index < -0.39 is 5.91 Å². The molecule has 0 aliphatic rings. The second kappa shape index (κ2) is 8.87. The fourth-order valence-corrected chi connectivity index (χ4v) is 2.20. The van der Waals surface area contributed by atoms with Gasteiger partial charge in [-0.15, -0.1) is 0 Å². The van der Waals surface area contributed by atoms with Crippen molar-refractivity contribution in [1.29, 1.82) is 0 Å². The van der Waals surface area contributed by atoms with Gasteiger partial charge in [-0.25, -0.2) is 11.0 Å². The molecule has 0 radical (unpaired) electrons. The third-order valence-corrected chi connectivity index (χ3v) is 3.45. The number of hydrogen-bond donors (Lipinski definition) is 3. The summed E-state index contributed by atoms with van der Waals surface area (Å²) in [5.41, 5.74) is 4.55. The summed E-state index contributed by atoms with van der Waals surface area (Å²) >= 11 is 0. The predicted molar refractivity (Wildman–Crippen MR) is 85.8 cm³/mol. The third kappa shape index (κ3) is 5.36. The first-order valence-electron chi connectivity index (χ1n) is 7.54. The summed E-state index contributed by atoms with van der Waals surface area (Å²) in [5, 5.41) is 10.4. The molecule has 0 bridgehead atoms. The van der Waals surface area contributed by atoms with E-state index in [0.717, 1.165) is 23.6 Å². The van der Waals surface area contributed by atoms with Crippen LogP contribution in [0.25, 0.3) is 10.8 Å². The molecule has 122 valence electrons. The van der Waals surface area contributed by atoms with Crippen molar-refractivity contribution in [2.75, 3.05) is 6.61 Å². The van der Waals surface area contributed by atoms with Crippen molar-refractivity contribution in [1.82, 2.24) is 11.0 Å². The van der Waals surface area contributed by atoms with Crippen molar-refractivity contribution < 1.29 is 19.6 Å². The molecule has 23 heavy (non-hydrogen) atoms. The fourth-order valence-electron chi connectivity index (χ4n) is 2.20. The molecule has 2 amide bonds. The number of carbonyl (C=O) groups excluding carboxylic acids is 2. The van der Waals surface area contributed by atoms with Crippen LogP contribution in [0.3, 0.4) is 0 Å². The monoisotopic (exact) mass is 316 g/mol. The van der Waals surface area contributed by atoms with Crippen molar-refractivity contribution in [3.05, 3.63) is 48.0 Å². The first-order valence-corrected chi connectivity index (χ1v) is 7.54. The Kier molecular flexibility index (Phi) is 6.53. The topological polar surface area (TPSA) is 87.7 Å². The normalized spacial score (nSPS) is 10.5. The average Bonchev–Trinajstić information content (AvgIpc) is 2.60. The zero-order valence-corrected chi connectivity index (χ0v) is 12.7. The lowest BCUT2D eigenvalue weighted by atomic mass is 10.1. The zero-order chi connectivity index (χ0) is 16.5. The molecule has 0 heterocycles. The van der Waals surface area contributed by atoms with Gasteiger partial charge in [0.15, 0.2) is 0 Å². The minimum absolute atomic E-state index is 0.278. The first-order chi connectivity index (χ1) is 11.2. The molecular weight excluding hydrogens is 296 g/mol. The molecular formula is C17H20N2O4. The number of fused-ring (bicyclic) bond motifs is 1. The van der Waals surface area contributed by atoms with Crippen LogP contribution in [0, 0.1) is 0 Å². The van der Waals surface area contributed by atoms with Crippen LogP contribution in [-0.2, 0) is 9.63 Å². The van der Waals surface area contributed by atoms with E-state index in [4.69, 9.17) is 10.0 Å². The number of rotatable bonds is 8. The summed E-state index contributed by atoms with van der Waals surface area (Å²) in [4.78, 5) is 27.9. The van der Waals surface area contributed by atoms with Gasteiger partial charge in [0, 0.05) is 12.0 Å². The Bertz CT molecular complexity index is 672. The maximum absolute atomic E-state index is 12.0. The largest absolute Gasteiger partial charge is 0.289 e. The molecule has 6 nitrogen and oxygen atoms in total. The van der Waals surface area contributed by atoms with Gasteiger partial charge < -0.3 is 0 Å². The SMILES string of the molecule is O=C(CCCCCONC(=O)c1ccc2ccccc2c1)NO. The van der Waals surface area contributed by atoms with Gasteiger partial charge in [0.05, 0.1) is 6.61 Å². The Labute approximate surface area is 134 Å². The van der Waals surface area contributed by atoms with Crippen molar-refractivity contribution in [2.24, 2.45) is 0 Å². The number of unbranched alkanes of at least 4 members (excludes halogenated alkanes) is 2. The first kappa shape index (κ1) is 16.9. The molecule has 0 atom stereocenters. The Morgan fingerprint density at radius 3 is 2.57 bits per heavy atom. The maximum atomic E-state index is 12.0. The van der Waals surface area contributed by atoms with E-state index in [0.29, 0.717) is 18.6 Å². The molecule has 0 aliphatic heterocycles. The van der Waals surface area contributed by atoms with E-state index in [1.807, 2.05) is 36.4 Å². The molecule has 0 saturated carbocycles. The van der Waals surface area contributed by atoms with Gasteiger partial charge in [0.1, 0.15) is 0 Å². The van der Waals surface area contributed by atoms with Crippen molar-refractivity contribution in [3.63, 3.8) is 0 Å². The van der Waals surface area contributed by atoms with Crippen LogP contribution >= 0.6 is 0 Å². The summed E-state index contributed by atoms with van der Waals surface area (Å²) in [6, 6.07) is 13.3. The second-order valence-electron chi connectivity index (χ2n) is 5.19. The highest BCUT2D eigenvalue weighted by Crippen LogP contribution is 2.15. The molecule has 0 unspecified atom stereocenters. The number of hydroxylamine groups is 2. The van der Waals surface area contributed by atoms with Gasteiger partial charge in [-0.2, -0.15) is 0 Å². The number of amides is 2. The highest BCUT2D eigenvalue weighted by molar-refractivity contribution is 5.98. The smallest absolute Gasteiger partial charge is 0.274 e. The van der Waals surface area contributed by atoms with Gasteiger partial charge in [0.25, 0.3) is 5.91 Å². The van der Waals surface area contributed by atoms with E-state index in [1.165, 1.54) is 0 Å². The Balaban J connectivity index is 1.69. The van der Waals surface area contributed by atoms with Gasteiger partial charge in [-0.05, 0) is 35.7 Å². The Hall–Kier alpha value is -2.44. The number of benzene rings is 2. The number of hydrogen-bond acceptors (Lipinski definition) is 4. The van der Waals surface area contributed by atoms with E-state index >= 15 is 0 Å². The Morgan fingerprint density at radius 2 is 1.78 bits per heavy atom. The van der Waals surface area contributed by atoms with Crippen LogP contribution in [0.2, 0.25) is 0 Å². The molecule has 2 aromatic carbocycles. The third-order valence-electron chi connectivity index (χ3n) is 3.45. The summed E-state index contributed by atoms with van der Waals surface area (Å²) < 4.78 is 0. The lowest BCUT2D eigenvalue weighted by Gasteiger charge is -2.07. The summed E-state index contributed by atoms with van der Waals surface area (Å²) in [6.07, 6.45) is 2.43. The molecule has 2 aromatic rings. The van der Waals surface area contributed by atoms with Gasteiger partial charge in [0.2, 0.25) is 5.91 Å². The van der Waals surface area contributed by atoms with Crippen LogP contribution in [0.5, 0.6) is 0 Å². The molecule has 0 spiro atoms. The van der Waals surface area contributed by atoms with Crippen LogP contribution in [-0.4, -0.2) is 23.6 Å². The summed E-state index contributed by atoms with van der Waals surface area (Å²) in [5.74, 6) is -0.675. The quantitative estimate of drug-likeness (QED) is 0.397. The van der Waals surface area contributed by atoms with E-state index in [1.54, 1.807) is 11.5 Å². The molecule has 0 fully saturated rings. The highest BCUT2D eigenvalue weighted by Gasteiger charge is 2.06. The minimum Gasteiger partial charge on any atom is -0.289 e. The van der Waals surface area contributed by atoms with E-state index in [2.05, 4.69) is 5.48 Å². The highest BCUT2D eigenvalue weighted by atomic mass is 16.6. The lowest BCUT2D eigenvalue weighted by molar-refractivity contribution is -0.129. The van der Waals surface area contributed by atoms with Gasteiger partial charge in [-0.3, -0.25) is 19.6 Å². The second-order valence-corrected chi connectivity index (χ2v) is 5.19. The molecule has 2 rings (SSSR count). The zero-order valence-electron chi connectivity index (χ0n) is 12.7. The number of carbonyl (C=O) groups is 2. The standard InChI is InChI=1S/C17H20N2O4/c20-16(18-22)8-2-1-5-11-23-19-17(21)15-10-9-13-6-3-4-7-14(13)12-15/h3-4,6-7,9-10,12,22H,1-2,5,8,11H2,(H,18,20)(H,19,21). The van der Waals surface area contributed by atoms with Crippen molar-refractivity contribution in [3.8, 4) is 0 Å². The maximum Gasteiger partial charge on any atom is 0.274 e. The van der Waals surface area contributed by atoms with Crippen LogP contribution in [0.15, 0.2) is 42.5 Å². The number of nitrogens with one attached hydrogen (secondary N) is 2. The molecule has 0 aliphatic carbocycles. The van der Waals surface area contributed by atoms with Crippen molar-refractivity contribution >= 4 is 22.6 Å². The fraction of sp³-hybridized carbons (Fsp3) is 0.294. The predicted octanol–water partition coefficient (Wildman–Crippen LogP) is 2.57. The van der Waals surface area contributed by atoms with Crippen LogP contribution in [0.1, 0.15) is 36.0 Å². The van der Waals surface area contributed by atoms with E-state index in [-0.39, 0.29) is 12.3 Å². The molecule has 0 saturated heterocycles. The molecule has 0 aromatic heterocycles.